The number of nitrogens with one attached hydrogen (secondary N) is 1. The van der Waals surface area contributed by atoms with Crippen molar-refractivity contribution in [2.45, 2.75) is 20.3 Å². The van der Waals surface area contributed by atoms with Crippen molar-refractivity contribution >= 4 is 27.3 Å². The summed E-state index contributed by atoms with van der Waals surface area (Å²) in [6, 6.07) is 11.1. The minimum atomic E-state index is -3.71. The van der Waals surface area contributed by atoms with Gasteiger partial charge in [0.05, 0.1) is 11.9 Å². The Balaban J connectivity index is 2.09. The number of halogens is 1. The molecule has 0 aliphatic carbocycles. The van der Waals surface area contributed by atoms with Gasteiger partial charge in [0.2, 0.25) is 15.9 Å². The zero-order chi connectivity index (χ0) is 18.6. The molecule has 0 atom stereocenters. The molecule has 134 valence electrons. The topological polar surface area (TPSA) is 66.5 Å². The maximum absolute atomic E-state index is 13.9. The quantitative estimate of drug-likeness (QED) is 0.856. The van der Waals surface area contributed by atoms with Crippen LogP contribution in [0.25, 0.3) is 0 Å². The normalized spacial score (nSPS) is 11.2. The molecule has 0 aliphatic rings. The molecule has 0 unspecified atom stereocenters. The van der Waals surface area contributed by atoms with E-state index in [0.29, 0.717) is 5.69 Å². The molecule has 0 bridgehead atoms. The molecule has 25 heavy (non-hydrogen) atoms. The maximum atomic E-state index is 13.9. The molecule has 0 radical (unpaired) electrons. The van der Waals surface area contributed by atoms with E-state index in [1.807, 2.05) is 26.0 Å². The van der Waals surface area contributed by atoms with Crippen molar-refractivity contribution in [1.29, 1.82) is 0 Å². The van der Waals surface area contributed by atoms with Crippen molar-refractivity contribution < 1.29 is 17.6 Å². The summed E-state index contributed by atoms with van der Waals surface area (Å²) >= 11 is 0. The first-order valence-electron chi connectivity index (χ1n) is 7.78. The van der Waals surface area contributed by atoms with Gasteiger partial charge in [0, 0.05) is 18.7 Å². The van der Waals surface area contributed by atoms with Gasteiger partial charge in [-0.3, -0.25) is 9.10 Å². The molecule has 2 rings (SSSR count). The van der Waals surface area contributed by atoms with Gasteiger partial charge in [-0.2, -0.15) is 0 Å². The summed E-state index contributed by atoms with van der Waals surface area (Å²) < 4.78 is 38.8. The van der Waals surface area contributed by atoms with Crippen LogP contribution in [0.5, 0.6) is 0 Å². The predicted molar refractivity (Wildman–Crippen MR) is 97.8 cm³/mol. The Hall–Kier alpha value is -2.41. The van der Waals surface area contributed by atoms with Crippen molar-refractivity contribution in [2.24, 2.45) is 0 Å². The Morgan fingerprint density at radius 2 is 1.80 bits per heavy atom. The number of carbonyl (C=O) groups is 1. The molecule has 5 nitrogen and oxygen atoms in total. The molecule has 7 heteroatoms. The smallest absolute Gasteiger partial charge is 0.232 e. The van der Waals surface area contributed by atoms with Gasteiger partial charge in [-0.25, -0.2) is 12.8 Å². The molecule has 0 saturated carbocycles. The van der Waals surface area contributed by atoms with Crippen LogP contribution in [0.1, 0.15) is 17.5 Å². The molecule has 0 spiro atoms. The highest BCUT2D eigenvalue weighted by Gasteiger charge is 2.21. The Kier molecular flexibility index (Phi) is 5.79. The zero-order valence-electron chi connectivity index (χ0n) is 14.4. The SMILES string of the molecule is Cc1ccc(NC(=O)CCN(c2ccccc2F)S(C)(=O)=O)cc1C. The summed E-state index contributed by atoms with van der Waals surface area (Å²) in [7, 11) is -3.71. The fourth-order valence-electron chi connectivity index (χ4n) is 2.36. The van der Waals surface area contributed by atoms with Crippen molar-refractivity contribution in [3.8, 4) is 0 Å². The van der Waals surface area contributed by atoms with Gasteiger partial charge in [-0.05, 0) is 49.2 Å². The number of benzene rings is 2. The van der Waals surface area contributed by atoms with Gasteiger partial charge in [0.1, 0.15) is 5.82 Å². The Bertz CT molecular complexity index is 882. The van der Waals surface area contributed by atoms with Gasteiger partial charge in [0.15, 0.2) is 0 Å². The van der Waals surface area contributed by atoms with E-state index in [1.165, 1.54) is 18.2 Å². The minimum Gasteiger partial charge on any atom is -0.326 e. The summed E-state index contributed by atoms with van der Waals surface area (Å²) in [6.07, 6.45) is 0.898. The van der Waals surface area contributed by atoms with Crippen LogP contribution in [-0.2, 0) is 14.8 Å². The molecule has 0 heterocycles. The van der Waals surface area contributed by atoms with E-state index in [4.69, 9.17) is 0 Å². The van der Waals surface area contributed by atoms with Crippen LogP contribution in [0.3, 0.4) is 0 Å². The highest BCUT2D eigenvalue weighted by molar-refractivity contribution is 7.92. The van der Waals surface area contributed by atoms with Crippen molar-refractivity contribution in [1.82, 2.24) is 0 Å². The molecule has 0 aromatic heterocycles. The average molecular weight is 364 g/mol. The molecule has 1 N–H and O–H groups in total. The van der Waals surface area contributed by atoms with E-state index in [0.717, 1.165) is 21.7 Å². The largest absolute Gasteiger partial charge is 0.326 e. The van der Waals surface area contributed by atoms with Crippen LogP contribution in [0, 0.1) is 19.7 Å². The third kappa shape index (κ3) is 5.03. The number of aryl methyl sites for hydroxylation is 2. The van der Waals surface area contributed by atoms with E-state index in [1.54, 1.807) is 12.1 Å². The van der Waals surface area contributed by atoms with Crippen molar-refractivity contribution in [3.63, 3.8) is 0 Å². The summed E-state index contributed by atoms with van der Waals surface area (Å²) in [4.78, 5) is 12.1. The average Bonchev–Trinajstić information content (AvgIpc) is 2.51. The molecule has 0 fully saturated rings. The number of hydrogen-bond acceptors (Lipinski definition) is 3. The molecule has 0 saturated heterocycles. The van der Waals surface area contributed by atoms with E-state index < -0.39 is 15.8 Å². The van der Waals surface area contributed by atoms with Crippen LogP contribution in [-0.4, -0.2) is 27.1 Å². The van der Waals surface area contributed by atoms with Gasteiger partial charge in [0.25, 0.3) is 0 Å². The number of hydrogen-bond donors (Lipinski definition) is 1. The first-order chi connectivity index (χ1) is 11.7. The minimum absolute atomic E-state index is 0.0658. The predicted octanol–water partition coefficient (Wildman–Crippen LogP) is 3.24. The van der Waals surface area contributed by atoms with Gasteiger partial charge < -0.3 is 5.32 Å². The highest BCUT2D eigenvalue weighted by Crippen LogP contribution is 2.22. The van der Waals surface area contributed by atoms with Crippen LogP contribution < -0.4 is 9.62 Å². The lowest BCUT2D eigenvalue weighted by molar-refractivity contribution is -0.116. The number of amides is 1. The second-order valence-corrected chi connectivity index (χ2v) is 7.79. The van der Waals surface area contributed by atoms with E-state index in [-0.39, 0.29) is 24.6 Å². The molecule has 2 aromatic carbocycles. The number of anilines is 2. The monoisotopic (exact) mass is 364 g/mol. The summed E-state index contributed by atoms with van der Waals surface area (Å²) in [6.45, 7) is 3.77. The van der Waals surface area contributed by atoms with E-state index in [2.05, 4.69) is 5.32 Å². The van der Waals surface area contributed by atoms with Gasteiger partial charge in [-0.1, -0.05) is 18.2 Å². The number of rotatable bonds is 6. The summed E-state index contributed by atoms with van der Waals surface area (Å²) in [5, 5.41) is 2.73. The van der Waals surface area contributed by atoms with E-state index in [9.17, 15) is 17.6 Å². The highest BCUT2D eigenvalue weighted by atomic mass is 32.2. The summed E-state index contributed by atoms with van der Waals surface area (Å²) in [5.41, 5.74) is 2.73. The van der Waals surface area contributed by atoms with Crippen molar-refractivity contribution in [2.75, 3.05) is 22.4 Å². The molecular weight excluding hydrogens is 343 g/mol. The maximum Gasteiger partial charge on any atom is 0.232 e. The lowest BCUT2D eigenvalue weighted by atomic mass is 10.1. The van der Waals surface area contributed by atoms with Crippen LogP contribution >= 0.6 is 0 Å². The number of para-hydroxylation sites is 1. The van der Waals surface area contributed by atoms with Crippen LogP contribution in [0.4, 0.5) is 15.8 Å². The Morgan fingerprint density at radius 1 is 1.12 bits per heavy atom. The van der Waals surface area contributed by atoms with E-state index >= 15 is 0 Å². The fourth-order valence-corrected chi connectivity index (χ4v) is 3.29. The standard InChI is InChI=1S/C18H21FN2O3S/c1-13-8-9-15(12-14(13)2)20-18(22)10-11-21(25(3,23)24)17-7-5-4-6-16(17)19/h4-9,12H,10-11H2,1-3H3,(H,20,22). The van der Waals surface area contributed by atoms with Crippen molar-refractivity contribution in [3.05, 3.63) is 59.4 Å². The third-order valence-electron chi connectivity index (χ3n) is 3.85. The Morgan fingerprint density at radius 3 is 2.40 bits per heavy atom. The molecule has 2 aromatic rings. The zero-order valence-corrected chi connectivity index (χ0v) is 15.2. The number of carbonyl (C=O) groups excluding carboxylic acids is 1. The van der Waals surface area contributed by atoms with Crippen LogP contribution in [0.2, 0.25) is 0 Å². The lowest BCUT2D eigenvalue weighted by Crippen LogP contribution is -2.33. The first-order valence-corrected chi connectivity index (χ1v) is 9.62. The molecular formula is C18H21FN2O3S. The fraction of sp³-hybridized carbons (Fsp3) is 0.278. The first kappa shape index (κ1) is 18.9. The van der Waals surface area contributed by atoms with Gasteiger partial charge >= 0.3 is 0 Å². The lowest BCUT2D eigenvalue weighted by Gasteiger charge is -2.22. The molecule has 0 aliphatic heterocycles. The second-order valence-electron chi connectivity index (χ2n) is 5.88. The van der Waals surface area contributed by atoms with Gasteiger partial charge in [-0.15, -0.1) is 0 Å². The number of nitrogens with zero attached hydrogens (tertiary/aromatic N) is 1. The third-order valence-corrected chi connectivity index (χ3v) is 5.03. The summed E-state index contributed by atoms with van der Waals surface area (Å²) in [5.74, 6) is -0.990. The second kappa shape index (κ2) is 7.65. The van der Waals surface area contributed by atoms with Crippen LogP contribution in [0.15, 0.2) is 42.5 Å². The number of sulfonamides is 1. The Labute approximate surface area is 147 Å². The molecule has 1 amide bonds.